The summed E-state index contributed by atoms with van der Waals surface area (Å²) in [5.41, 5.74) is 9.97. The van der Waals surface area contributed by atoms with Gasteiger partial charge in [-0.2, -0.15) is 0 Å². The minimum Gasteiger partial charge on any atom is -0.410 e. The van der Waals surface area contributed by atoms with Crippen LogP contribution in [-0.4, -0.2) is 20.7 Å². The molecule has 6 heteroatoms. The lowest BCUT2D eigenvalue weighted by molar-refractivity contribution is 0.0916. The molecule has 5 nitrogen and oxygen atoms in total. The van der Waals surface area contributed by atoms with Crippen LogP contribution in [0.3, 0.4) is 0 Å². The van der Waals surface area contributed by atoms with Crippen LogP contribution in [0.2, 0.25) is 19.6 Å². The lowest BCUT2D eigenvalue weighted by Gasteiger charge is -2.16. The molecule has 0 bridgehead atoms. The normalized spacial score (nSPS) is 11.2. The number of ketones is 1. The number of carbonyl (C=O) groups excluding carboxylic acids is 1. The third-order valence-electron chi connectivity index (χ3n) is 3.18. The Morgan fingerprint density at radius 3 is 2.55 bits per heavy atom. The average molecular weight is 313 g/mol. The number of benzene rings is 2. The first-order valence-corrected chi connectivity index (χ1v) is 10.5. The lowest BCUT2D eigenvalue weighted by atomic mass is 10.0. The highest BCUT2D eigenvalue weighted by Crippen LogP contribution is 2.19. The first-order chi connectivity index (χ1) is 10.4. The molecule has 0 saturated heterocycles. The molecule has 0 aliphatic rings. The van der Waals surface area contributed by atoms with Gasteiger partial charge in [0.05, 0.1) is 13.2 Å². The Morgan fingerprint density at radius 1 is 1.18 bits per heavy atom. The molecule has 2 rings (SSSR count). The zero-order valence-electron chi connectivity index (χ0n) is 13.0. The summed E-state index contributed by atoms with van der Waals surface area (Å²) < 4.78 is 5.66. The number of hydrogen-bond donors (Lipinski definition) is 0. The number of nitrogens with zero attached hydrogens (tertiary/aromatic N) is 3. The maximum Gasteiger partial charge on any atom is 0.187 e. The summed E-state index contributed by atoms with van der Waals surface area (Å²) in [6.45, 7) is 6.65. The zero-order chi connectivity index (χ0) is 16.2. The van der Waals surface area contributed by atoms with E-state index < -0.39 is 8.32 Å². The van der Waals surface area contributed by atoms with Gasteiger partial charge >= 0.3 is 0 Å². The first kappa shape index (κ1) is 16.2. The number of carbonyl (C=O) groups is 1. The van der Waals surface area contributed by atoms with E-state index in [-0.39, 0.29) is 12.4 Å². The molecule has 0 aliphatic heterocycles. The second-order valence-corrected chi connectivity index (χ2v) is 10.6. The maximum absolute atomic E-state index is 12.2. The lowest BCUT2D eigenvalue weighted by Crippen LogP contribution is -2.28. The van der Waals surface area contributed by atoms with Gasteiger partial charge in [-0.3, -0.25) is 4.79 Å². The van der Waals surface area contributed by atoms with Gasteiger partial charge in [0, 0.05) is 10.5 Å². The van der Waals surface area contributed by atoms with E-state index in [2.05, 4.69) is 29.7 Å². The van der Waals surface area contributed by atoms with Crippen LogP contribution in [0.15, 0.2) is 41.5 Å². The molecule has 0 fully saturated rings. The number of hydrogen-bond acceptors (Lipinski definition) is 3. The SMILES string of the molecule is C[Si](C)(C)OCC(=O)c1ccc2cc(CN=[N+]=[N-])ccc2c1. The van der Waals surface area contributed by atoms with Crippen molar-refractivity contribution in [3.8, 4) is 0 Å². The van der Waals surface area contributed by atoms with Gasteiger partial charge in [-0.1, -0.05) is 35.4 Å². The van der Waals surface area contributed by atoms with Crippen molar-refractivity contribution in [2.45, 2.75) is 26.2 Å². The maximum atomic E-state index is 12.2. The molecule has 0 heterocycles. The Balaban J connectivity index is 2.20. The smallest absolute Gasteiger partial charge is 0.187 e. The van der Waals surface area contributed by atoms with Gasteiger partial charge in [-0.15, -0.1) is 0 Å². The molecule has 2 aromatic carbocycles. The largest absolute Gasteiger partial charge is 0.410 e. The highest BCUT2D eigenvalue weighted by atomic mass is 28.4. The van der Waals surface area contributed by atoms with Crippen LogP contribution in [0, 0.1) is 0 Å². The summed E-state index contributed by atoms with van der Waals surface area (Å²) in [5, 5.41) is 5.57. The summed E-state index contributed by atoms with van der Waals surface area (Å²) in [7, 11) is -1.69. The fourth-order valence-corrected chi connectivity index (χ4v) is 2.61. The molecule has 0 aliphatic carbocycles. The van der Waals surface area contributed by atoms with Crippen molar-refractivity contribution in [2.24, 2.45) is 5.11 Å². The average Bonchev–Trinajstić information content (AvgIpc) is 2.49. The van der Waals surface area contributed by atoms with E-state index >= 15 is 0 Å². The Kier molecular flexibility index (Phi) is 4.98. The monoisotopic (exact) mass is 313 g/mol. The van der Waals surface area contributed by atoms with Gasteiger partial charge < -0.3 is 4.43 Å². The number of rotatable bonds is 6. The van der Waals surface area contributed by atoms with Crippen molar-refractivity contribution in [1.82, 2.24) is 0 Å². The fourth-order valence-electron chi connectivity index (χ4n) is 2.05. The standard InChI is InChI=1S/C16H19N3O2Si/c1-22(2,3)21-11-16(20)15-7-6-13-8-12(10-18-19-17)4-5-14(13)9-15/h4-9H,10-11H2,1-3H3. The van der Waals surface area contributed by atoms with E-state index in [1.807, 2.05) is 36.4 Å². The molecule has 0 amide bonds. The summed E-state index contributed by atoms with van der Waals surface area (Å²) in [5.74, 6) is 0.00230. The van der Waals surface area contributed by atoms with Crippen LogP contribution >= 0.6 is 0 Å². The van der Waals surface area contributed by atoms with Gasteiger partial charge in [0.15, 0.2) is 14.1 Å². The molecule has 0 aromatic heterocycles. The van der Waals surface area contributed by atoms with Gasteiger partial charge in [0.25, 0.3) is 0 Å². The molecule has 2 aromatic rings. The van der Waals surface area contributed by atoms with E-state index in [0.717, 1.165) is 16.3 Å². The van der Waals surface area contributed by atoms with E-state index in [4.69, 9.17) is 9.96 Å². The number of Topliss-reactive ketones (excluding diaryl/α,β-unsaturated/α-hetero) is 1. The van der Waals surface area contributed by atoms with E-state index in [1.54, 1.807) is 0 Å². The third kappa shape index (κ3) is 4.43. The van der Waals surface area contributed by atoms with Crippen LogP contribution in [0.4, 0.5) is 0 Å². The highest BCUT2D eigenvalue weighted by Gasteiger charge is 2.17. The topological polar surface area (TPSA) is 75.1 Å². The Hall–Kier alpha value is -2.14. The van der Waals surface area contributed by atoms with E-state index in [9.17, 15) is 4.79 Å². The molecule has 0 radical (unpaired) electrons. The van der Waals surface area contributed by atoms with Crippen LogP contribution in [0.25, 0.3) is 21.2 Å². The van der Waals surface area contributed by atoms with Gasteiger partial charge in [-0.25, -0.2) is 0 Å². The van der Waals surface area contributed by atoms with Gasteiger partial charge in [0.2, 0.25) is 0 Å². The second-order valence-electron chi connectivity index (χ2n) is 6.11. The predicted octanol–water partition coefficient (Wildman–Crippen LogP) is 4.68. The quantitative estimate of drug-likeness (QED) is 0.255. The summed E-state index contributed by atoms with van der Waals surface area (Å²) in [6, 6.07) is 11.4. The molecule has 0 unspecified atom stereocenters. The molecular weight excluding hydrogens is 294 g/mol. The van der Waals surface area contributed by atoms with Crippen molar-refractivity contribution in [3.05, 3.63) is 58.0 Å². The summed E-state index contributed by atoms with van der Waals surface area (Å²) in [4.78, 5) is 14.9. The predicted molar refractivity (Wildman–Crippen MR) is 90.4 cm³/mol. The van der Waals surface area contributed by atoms with Crippen molar-refractivity contribution in [1.29, 1.82) is 0 Å². The van der Waals surface area contributed by atoms with E-state index in [1.165, 1.54) is 0 Å². The van der Waals surface area contributed by atoms with Crippen LogP contribution in [0.1, 0.15) is 15.9 Å². The van der Waals surface area contributed by atoms with Crippen molar-refractivity contribution in [2.75, 3.05) is 6.61 Å². The number of fused-ring (bicyclic) bond motifs is 1. The molecule has 0 atom stereocenters. The molecular formula is C16H19N3O2Si. The Bertz CT molecular complexity index is 747. The van der Waals surface area contributed by atoms with Crippen LogP contribution in [-0.2, 0) is 11.0 Å². The van der Waals surface area contributed by atoms with E-state index in [0.29, 0.717) is 12.1 Å². The summed E-state index contributed by atoms with van der Waals surface area (Å²) >= 11 is 0. The molecule has 0 spiro atoms. The fraction of sp³-hybridized carbons (Fsp3) is 0.312. The van der Waals surface area contributed by atoms with Crippen molar-refractivity contribution in [3.63, 3.8) is 0 Å². The van der Waals surface area contributed by atoms with Gasteiger partial charge in [-0.05, 0) is 47.6 Å². The molecule has 0 saturated carbocycles. The first-order valence-electron chi connectivity index (χ1n) is 7.10. The number of azide groups is 1. The van der Waals surface area contributed by atoms with Crippen molar-refractivity contribution >= 4 is 24.9 Å². The molecule has 0 N–H and O–H groups in total. The highest BCUT2D eigenvalue weighted by molar-refractivity contribution is 6.69. The second kappa shape index (κ2) is 6.75. The van der Waals surface area contributed by atoms with Crippen molar-refractivity contribution < 1.29 is 9.22 Å². The minimum absolute atomic E-state index is 0.00230. The van der Waals surface area contributed by atoms with Crippen LogP contribution < -0.4 is 0 Å². The van der Waals surface area contributed by atoms with Gasteiger partial charge in [0.1, 0.15) is 0 Å². The Labute approximate surface area is 130 Å². The zero-order valence-corrected chi connectivity index (χ0v) is 14.0. The third-order valence-corrected chi connectivity index (χ3v) is 4.19. The summed E-state index contributed by atoms with van der Waals surface area (Å²) in [6.07, 6.45) is 0. The van der Waals surface area contributed by atoms with Crippen LogP contribution in [0.5, 0.6) is 0 Å². The minimum atomic E-state index is -1.69. The Morgan fingerprint density at radius 2 is 1.86 bits per heavy atom. The molecule has 114 valence electrons. The molecule has 22 heavy (non-hydrogen) atoms.